The molecule has 0 aliphatic heterocycles. The first-order chi connectivity index (χ1) is 11.7. The molecule has 2 aromatic carbocycles. The smallest absolute Gasteiger partial charge is 0.129 e. The van der Waals surface area contributed by atoms with Gasteiger partial charge in [0, 0.05) is 22.7 Å². The molecule has 124 valence electrons. The fourth-order valence-electron chi connectivity index (χ4n) is 2.46. The van der Waals surface area contributed by atoms with E-state index in [1.54, 1.807) is 12.1 Å². The Morgan fingerprint density at radius 2 is 1.88 bits per heavy atom. The van der Waals surface area contributed by atoms with Crippen molar-refractivity contribution in [1.82, 2.24) is 20.3 Å². The minimum Gasteiger partial charge on any atom is -0.311 e. The molecular formula is C18H18ClFN4. The first-order valence-electron chi connectivity index (χ1n) is 7.82. The molecule has 0 aliphatic rings. The highest BCUT2D eigenvalue weighted by Crippen LogP contribution is 2.23. The van der Waals surface area contributed by atoms with Crippen LogP contribution in [0.1, 0.15) is 18.2 Å². The van der Waals surface area contributed by atoms with Crippen molar-refractivity contribution in [1.29, 1.82) is 0 Å². The molecule has 1 N–H and O–H groups in total. The Bertz CT molecular complexity index is 797. The third kappa shape index (κ3) is 3.63. The number of rotatable bonds is 6. The van der Waals surface area contributed by atoms with Crippen LogP contribution in [0.3, 0.4) is 0 Å². The third-order valence-electron chi connectivity index (χ3n) is 3.68. The van der Waals surface area contributed by atoms with Crippen LogP contribution < -0.4 is 5.32 Å². The summed E-state index contributed by atoms with van der Waals surface area (Å²) in [5.41, 5.74) is 3.00. The van der Waals surface area contributed by atoms with Crippen LogP contribution in [0, 0.1) is 5.82 Å². The summed E-state index contributed by atoms with van der Waals surface area (Å²) in [6, 6.07) is 14.5. The number of hydrogen-bond donors (Lipinski definition) is 1. The quantitative estimate of drug-likeness (QED) is 0.737. The SMILES string of the molecule is CCNCc1nn(Cc2c(F)cccc2Cl)nc1-c1ccccc1. The maximum Gasteiger partial charge on any atom is 0.129 e. The lowest BCUT2D eigenvalue weighted by atomic mass is 10.1. The molecule has 0 saturated carbocycles. The van der Waals surface area contributed by atoms with Gasteiger partial charge in [-0.15, -0.1) is 0 Å². The first kappa shape index (κ1) is 16.6. The molecule has 0 saturated heterocycles. The molecule has 0 fully saturated rings. The lowest BCUT2D eigenvalue weighted by molar-refractivity contribution is 0.544. The molecule has 24 heavy (non-hydrogen) atoms. The molecule has 0 unspecified atom stereocenters. The van der Waals surface area contributed by atoms with Gasteiger partial charge in [0.2, 0.25) is 0 Å². The van der Waals surface area contributed by atoms with Crippen molar-refractivity contribution in [3.63, 3.8) is 0 Å². The number of halogens is 2. The standard InChI is InChI=1S/C18H18ClFN4/c1-2-21-11-17-18(13-7-4-3-5-8-13)23-24(22-17)12-14-15(19)9-6-10-16(14)20/h3-10,21H,2,11-12H2,1H3. The first-order valence-corrected chi connectivity index (χ1v) is 8.20. The highest BCUT2D eigenvalue weighted by Gasteiger charge is 2.15. The monoisotopic (exact) mass is 344 g/mol. The van der Waals surface area contributed by atoms with Crippen LogP contribution in [0.15, 0.2) is 48.5 Å². The Balaban J connectivity index is 1.96. The number of aromatic nitrogens is 3. The van der Waals surface area contributed by atoms with Crippen LogP contribution in [0.2, 0.25) is 5.02 Å². The van der Waals surface area contributed by atoms with Gasteiger partial charge in [0.05, 0.1) is 6.54 Å². The molecule has 0 amide bonds. The summed E-state index contributed by atoms with van der Waals surface area (Å²) in [6.45, 7) is 3.66. The molecule has 3 rings (SSSR count). The molecule has 1 heterocycles. The zero-order valence-corrected chi connectivity index (χ0v) is 14.1. The number of hydrogen-bond acceptors (Lipinski definition) is 3. The summed E-state index contributed by atoms with van der Waals surface area (Å²) in [6.07, 6.45) is 0. The van der Waals surface area contributed by atoms with E-state index in [1.807, 2.05) is 37.3 Å². The summed E-state index contributed by atoms with van der Waals surface area (Å²) in [5.74, 6) is -0.353. The van der Waals surface area contributed by atoms with Gasteiger partial charge in [-0.05, 0) is 18.7 Å². The van der Waals surface area contributed by atoms with Crippen molar-refractivity contribution in [2.24, 2.45) is 0 Å². The van der Waals surface area contributed by atoms with Crippen LogP contribution in [0.4, 0.5) is 4.39 Å². The Hall–Kier alpha value is -2.24. The van der Waals surface area contributed by atoms with Gasteiger partial charge in [0.1, 0.15) is 17.2 Å². The van der Waals surface area contributed by atoms with Crippen LogP contribution in [-0.4, -0.2) is 21.5 Å². The van der Waals surface area contributed by atoms with E-state index < -0.39 is 0 Å². The van der Waals surface area contributed by atoms with Crippen LogP contribution in [-0.2, 0) is 13.1 Å². The summed E-state index contributed by atoms with van der Waals surface area (Å²) in [4.78, 5) is 1.50. The average molecular weight is 345 g/mol. The van der Waals surface area contributed by atoms with Gasteiger partial charge in [0.15, 0.2) is 0 Å². The van der Waals surface area contributed by atoms with Crippen molar-refractivity contribution in [3.8, 4) is 11.3 Å². The van der Waals surface area contributed by atoms with Gasteiger partial charge >= 0.3 is 0 Å². The molecule has 6 heteroatoms. The normalized spacial score (nSPS) is 11.0. The average Bonchev–Trinajstić information content (AvgIpc) is 3.00. The second-order valence-corrected chi connectivity index (χ2v) is 5.78. The van der Waals surface area contributed by atoms with E-state index in [0.29, 0.717) is 17.1 Å². The highest BCUT2D eigenvalue weighted by atomic mass is 35.5. The van der Waals surface area contributed by atoms with Crippen molar-refractivity contribution < 1.29 is 4.39 Å². The van der Waals surface area contributed by atoms with Gasteiger partial charge in [-0.3, -0.25) is 0 Å². The van der Waals surface area contributed by atoms with Gasteiger partial charge in [-0.1, -0.05) is 54.9 Å². The van der Waals surface area contributed by atoms with E-state index in [1.165, 1.54) is 10.9 Å². The Kier molecular flexibility index (Phi) is 5.23. The van der Waals surface area contributed by atoms with Crippen molar-refractivity contribution in [3.05, 3.63) is 70.6 Å². The van der Waals surface area contributed by atoms with Crippen LogP contribution in [0.25, 0.3) is 11.3 Å². The van der Waals surface area contributed by atoms with Crippen molar-refractivity contribution in [2.75, 3.05) is 6.54 Å². The maximum atomic E-state index is 14.0. The maximum absolute atomic E-state index is 14.0. The van der Waals surface area contributed by atoms with E-state index in [-0.39, 0.29) is 12.4 Å². The van der Waals surface area contributed by atoms with Gasteiger partial charge in [0.25, 0.3) is 0 Å². The molecule has 3 aromatic rings. The summed E-state index contributed by atoms with van der Waals surface area (Å²) >= 11 is 6.11. The Morgan fingerprint density at radius 3 is 2.58 bits per heavy atom. The number of benzene rings is 2. The number of nitrogens with one attached hydrogen (secondary N) is 1. The molecular weight excluding hydrogens is 327 g/mol. The predicted octanol–water partition coefficient (Wildman–Crippen LogP) is 3.90. The predicted molar refractivity (Wildman–Crippen MR) is 93.4 cm³/mol. The fourth-order valence-corrected chi connectivity index (χ4v) is 2.68. The zero-order valence-electron chi connectivity index (χ0n) is 13.3. The second kappa shape index (κ2) is 7.55. The lowest BCUT2D eigenvalue weighted by Gasteiger charge is -2.04. The summed E-state index contributed by atoms with van der Waals surface area (Å²) in [7, 11) is 0. The Labute approximate surface area is 145 Å². The summed E-state index contributed by atoms with van der Waals surface area (Å²) < 4.78 is 14.0. The van der Waals surface area contributed by atoms with E-state index in [4.69, 9.17) is 11.6 Å². The van der Waals surface area contributed by atoms with E-state index in [0.717, 1.165) is 23.5 Å². The van der Waals surface area contributed by atoms with E-state index >= 15 is 0 Å². The van der Waals surface area contributed by atoms with Crippen LogP contribution in [0.5, 0.6) is 0 Å². The van der Waals surface area contributed by atoms with Gasteiger partial charge < -0.3 is 5.32 Å². The highest BCUT2D eigenvalue weighted by molar-refractivity contribution is 6.31. The van der Waals surface area contributed by atoms with Crippen LogP contribution >= 0.6 is 11.6 Å². The molecule has 0 atom stereocenters. The van der Waals surface area contributed by atoms with E-state index in [2.05, 4.69) is 15.5 Å². The molecule has 1 aromatic heterocycles. The minimum atomic E-state index is -0.353. The second-order valence-electron chi connectivity index (χ2n) is 5.37. The molecule has 4 nitrogen and oxygen atoms in total. The van der Waals surface area contributed by atoms with Gasteiger partial charge in [-0.2, -0.15) is 15.0 Å². The third-order valence-corrected chi connectivity index (χ3v) is 4.03. The number of nitrogens with zero attached hydrogens (tertiary/aromatic N) is 3. The molecule has 0 aliphatic carbocycles. The topological polar surface area (TPSA) is 42.7 Å². The molecule has 0 spiro atoms. The largest absolute Gasteiger partial charge is 0.311 e. The lowest BCUT2D eigenvalue weighted by Crippen LogP contribution is -2.13. The minimum absolute atomic E-state index is 0.192. The van der Waals surface area contributed by atoms with Crippen molar-refractivity contribution in [2.45, 2.75) is 20.0 Å². The Morgan fingerprint density at radius 1 is 1.08 bits per heavy atom. The molecule has 0 radical (unpaired) electrons. The molecule has 0 bridgehead atoms. The summed E-state index contributed by atoms with van der Waals surface area (Å²) in [5, 5.41) is 12.7. The van der Waals surface area contributed by atoms with Crippen molar-refractivity contribution >= 4 is 11.6 Å². The van der Waals surface area contributed by atoms with E-state index in [9.17, 15) is 4.39 Å². The fraction of sp³-hybridized carbons (Fsp3) is 0.222. The zero-order chi connectivity index (χ0) is 16.9. The van der Waals surface area contributed by atoms with Gasteiger partial charge in [-0.25, -0.2) is 4.39 Å².